The summed E-state index contributed by atoms with van der Waals surface area (Å²) < 4.78 is 5.52. The molecule has 6 heteroatoms. The third-order valence-electron chi connectivity index (χ3n) is 5.49. The maximum absolute atomic E-state index is 13.3. The summed E-state index contributed by atoms with van der Waals surface area (Å²) in [7, 11) is 0. The lowest BCUT2D eigenvalue weighted by Crippen LogP contribution is -2.49. The number of likely N-dealkylation sites (tertiary alicyclic amines) is 2. The van der Waals surface area contributed by atoms with E-state index in [1.54, 1.807) is 4.90 Å². The number of benzene rings is 1. The number of nitrogens with zero attached hydrogens (tertiary/aromatic N) is 2. The van der Waals surface area contributed by atoms with Crippen molar-refractivity contribution in [1.82, 2.24) is 9.80 Å². The van der Waals surface area contributed by atoms with Gasteiger partial charge in [0, 0.05) is 30.6 Å². The molecule has 28 heavy (non-hydrogen) atoms. The molecular weight excluding hydrogens is 376 g/mol. The van der Waals surface area contributed by atoms with Crippen molar-refractivity contribution in [3.8, 4) is 0 Å². The molecule has 0 N–H and O–H groups in total. The third kappa shape index (κ3) is 5.19. The van der Waals surface area contributed by atoms with E-state index in [9.17, 15) is 9.59 Å². The molecule has 0 radical (unpaired) electrons. The predicted molar refractivity (Wildman–Crippen MR) is 111 cm³/mol. The lowest BCUT2D eigenvalue weighted by atomic mass is 9.94. The second kappa shape index (κ2) is 8.73. The summed E-state index contributed by atoms with van der Waals surface area (Å²) in [5.41, 5.74) is 0.662. The summed E-state index contributed by atoms with van der Waals surface area (Å²) in [5.74, 6) is 0.365. The van der Waals surface area contributed by atoms with Crippen LogP contribution in [0.2, 0.25) is 5.02 Å². The Morgan fingerprint density at radius 3 is 2.43 bits per heavy atom. The van der Waals surface area contributed by atoms with Gasteiger partial charge in [-0.05, 0) is 64.2 Å². The van der Waals surface area contributed by atoms with Crippen LogP contribution in [0.5, 0.6) is 0 Å². The zero-order valence-electron chi connectivity index (χ0n) is 17.1. The van der Waals surface area contributed by atoms with Gasteiger partial charge in [0.2, 0.25) is 5.91 Å². The first-order valence-electron chi connectivity index (χ1n) is 10.3. The minimum Gasteiger partial charge on any atom is -0.444 e. The second-order valence-electron chi connectivity index (χ2n) is 8.86. The van der Waals surface area contributed by atoms with Gasteiger partial charge in [-0.3, -0.25) is 9.69 Å². The van der Waals surface area contributed by atoms with Crippen LogP contribution in [0.25, 0.3) is 0 Å². The van der Waals surface area contributed by atoms with Crippen LogP contribution in [0, 0.1) is 0 Å². The topological polar surface area (TPSA) is 49.9 Å². The number of carbonyl (C=O) groups is 2. The molecule has 0 aliphatic carbocycles. The number of amides is 2. The molecule has 0 saturated carbocycles. The zero-order valence-corrected chi connectivity index (χ0v) is 17.9. The molecule has 2 fully saturated rings. The normalized spacial score (nSPS) is 23.4. The quantitative estimate of drug-likeness (QED) is 0.706. The van der Waals surface area contributed by atoms with Crippen molar-refractivity contribution < 1.29 is 14.3 Å². The van der Waals surface area contributed by atoms with Gasteiger partial charge in [0.1, 0.15) is 11.6 Å². The van der Waals surface area contributed by atoms with Gasteiger partial charge >= 0.3 is 6.09 Å². The highest BCUT2D eigenvalue weighted by Gasteiger charge is 2.39. The highest BCUT2D eigenvalue weighted by molar-refractivity contribution is 6.30. The van der Waals surface area contributed by atoms with Crippen LogP contribution in [0.15, 0.2) is 24.3 Å². The van der Waals surface area contributed by atoms with Gasteiger partial charge < -0.3 is 9.64 Å². The molecule has 3 rings (SSSR count). The minimum absolute atomic E-state index is 0.0595. The first-order valence-corrected chi connectivity index (χ1v) is 10.7. The minimum atomic E-state index is -0.560. The molecule has 2 amide bonds. The monoisotopic (exact) mass is 406 g/mol. The van der Waals surface area contributed by atoms with E-state index in [4.69, 9.17) is 16.3 Å². The van der Waals surface area contributed by atoms with Crippen molar-refractivity contribution in [1.29, 1.82) is 0 Å². The number of hydrogen-bond acceptors (Lipinski definition) is 3. The van der Waals surface area contributed by atoms with Crippen molar-refractivity contribution in [2.45, 2.75) is 70.4 Å². The van der Waals surface area contributed by atoms with E-state index in [1.807, 2.05) is 37.8 Å². The standard InChI is InChI=1S/C22H31ClN2O3/c1-22(2,3)28-21(27)25-14-6-8-19(25)20(26)24-13-5-4-7-17(15-24)16-9-11-18(23)12-10-16/h9-12,17,19H,4-8,13-15H2,1-3H3. The van der Waals surface area contributed by atoms with Crippen molar-refractivity contribution >= 4 is 23.6 Å². The maximum Gasteiger partial charge on any atom is 0.410 e. The van der Waals surface area contributed by atoms with Crippen LogP contribution in [0.4, 0.5) is 4.79 Å². The first kappa shape index (κ1) is 21.0. The lowest BCUT2D eigenvalue weighted by molar-refractivity contribution is -0.136. The van der Waals surface area contributed by atoms with E-state index in [-0.39, 0.29) is 12.0 Å². The average molecular weight is 407 g/mol. The highest BCUT2D eigenvalue weighted by atomic mass is 35.5. The van der Waals surface area contributed by atoms with Crippen LogP contribution < -0.4 is 0 Å². The van der Waals surface area contributed by atoms with Crippen molar-refractivity contribution in [3.05, 3.63) is 34.9 Å². The Morgan fingerprint density at radius 1 is 1.04 bits per heavy atom. The van der Waals surface area contributed by atoms with Gasteiger partial charge in [0.05, 0.1) is 0 Å². The summed E-state index contributed by atoms with van der Waals surface area (Å²) in [4.78, 5) is 29.5. The van der Waals surface area contributed by atoms with Gasteiger partial charge in [0.25, 0.3) is 0 Å². The highest BCUT2D eigenvalue weighted by Crippen LogP contribution is 2.29. The van der Waals surface area contributed by atoms with Crippen LogP contribution in [0.1, 0.15) is 64.4 Å². The van der Waals surface area contributed by atoms with E-state index in [1.165, 1.54) is 5.56 Å². The molecule has 5 nitrogen and oxygen atoms in total. The molecule has 0 aromatic heterocycles. The van der Waals surface area contributed by atoms with Crippen molar-refractivity contribution in [2.24, 2.45) is 0 Å². The van der Waals surface area contributed by atoms with Crippen LogP contribution in [0.3, 0.4) is 0 Å². The lowest BCUT2D eigenvalue weighted by Gasteiger charge is -2.32. The third-order valence-corrected chi connectivity index (χ3v) is 5.74. The number of halogens is 1. The SMILES string of the molecule is CC(C)(C)OC(=O)N1CCCC1C(=O)N1CCCCC(c2ccc(Cl)cc2)C1. The smallest absolute Gasteiger partial charge is 0.410 e. The Kier molecular flexibility index (Phi) is 6.54. The van der Waals surface area contributed by atoms with Gasteiger partial charge in [-0.15, -0.1) is 0 Å². The van der Waals surface area contributed by atoms with Crippen molar-refractivity contribution in [2.75, 3.05) is 19.6 Å². The molecule has 2 atom stereocenters. The van der Waals surface area contributed by atoms with Gasteiger partial charge in [-0.25, -0.2) is 4.79 Å². The molecule has 0 spiro atoms. The summed E-state index contributed by atoms with van der Waals surface area (Å²) in [6, 6.07) is 7.54. The predicted octanol–water partition coefficient (Wildman–Crippen LogP) is 4.84. The average Bonchev–Trinajstić information content (AvgIpc) is 2.99. The summed E-state index contributed by atoms with van der Waals surface area (Å²) in [6.07, 6.45) is 4.32. The Hall–Kier alpha value is -1.75. The fourth-order valence-corrected chi connectivity index (χ4v) is 4.25. The largest absolute Gasteiger partial charge is 0.444 e. The fraction of sp³-hybridized carbons (Fsp3) is 0.636. The Morgan fingerprint density at radius 2 is 1.75 bits per heavy atom. The molecule has 0 bridgehead atoms. The molecular formula is C22H31ClN2O3. The van der Waals surface area contributed by atoms with Crippen LogP contribution in [-0.2, 0) is 9.53 Å². The molecule has 2 aliphatic rings. The van der Waals surface area contributed by atoms with E-state index < -0.39 is 11.6 Å². The summed E-state index contributed by atoms with van der Waals surface area (Å²) >= 11 is 6.03. The Balaban J connectivity index is 1.71. The van der Waals surface area contributed by atoms with Gasteiger partial charge in [-0.2, -0.15) is 0 Å². The Bertz CT molecular complexity index is 699. The van der Waals surface area contributed by atoms with E-state index in [0.717, 1.165) is 37.3 Å². The molecule has 2 saturated heterocycles. The maximum atomic E-state index is 13.3. The molecule has 2 unspecified atom stereocenters. The number of ether oxygens (including phenoxy) is 1. The number of hydrogen-bond donors (Lipinski definition) is 0. The molecule has 1 aromatic carbocycles. The van der Waals surface area contributed by atoms with E-state index >= 15 is 0 Å². The van der Waals surface area contributed by atoms with Crippen LogP contribution in [-0.4, -0.2) is 53.1 Å². The molecule has 2 heterocycles. The van der Waals surface area contributed by atoms with E-state index in [0.29, 0.717) is 25.4 Å². The van der Waals surface area contributed by atoms with E-state index in [2.05, 4.69) is 12.1 Å². The summed E-state index contributed by atoms with van der Waals surface area (Å²) in [5, 5.41) is 0.726. The fourth-order valence-electron chi connectivity index (χ4n) is 4.12. The van der Waals surface area contributed by atoms with Crippen molar-refractivity contribution in [3.63, 3.8) is 0 Å². The molecule has 2 aliphatic heterocycles. The summed E-state index contributed by atoms with van der Waals surface area (Å²) in [6.45, 7) is 7.58. The van der Waals surface area contributed by atoms with Gasteiger partial charge in [-0.1, -0.05) is 30.2 Å². The van der Waals surface area contributed by atoms with Crippen LogP contribution >= 0.6 is 11.6 Å². The molecule has 1 aromatic rings. The Labute approximate surface area is 173 Å². The zero-order chi connectivity index (χ0) is 20.3. The second-order valence-corrected chi connectivity index (χ2v) is 9.30. The number of rotatable bonds is 2. The number of carbonyl (C=O) groups excluding carboxylic acids is 2. The first-order chi connectivity index (χ1) is 13.2. The van der Waals surface area contributed by atoms with Gasteiger partial charge in [0.15, 0.2) is 0 Å². The molecule has 154 valence electrons.